The molecule has 2 aromatic heterocycles. The van der Waals surface area contributed by atoms with Crippen LogP contribution in [0.15, 0.2) is 36.4 Å². The number of para-hydroxylation sites is 1. The summed E-state index contributed by atoms with van der Waals surface area (Å²) in [6.07, 6.45) is 7.66. The van der Waals surface area contributed by atoms with Crippen molar-refractivity contribution in [3.63, 3.8) is 0 Å². The number of rotatable bonds is 5. The number of fused-ring (bicyclic) bond motifs is 3. The molecule has 3 fully saturated rings. The number of carbonyl (C=O) groups is 1. The number of hydrogen-bond donors (Lipinski definition) is 1. The Hall–Kier alpha value is -2.69. The average molecular weight is 415 g/mol. The molecular weight excluding hydrogens is 384 g/mol. The van der Waals surface area contributed by atoms with Gasteiger partial charge in [0.25, 0.3) is 5.91 Å². The minimum absolute atomic E-state index is 0.0280. The zero-order valence-corrected chi connectivity index (χ0v) is 18.3. The van der Waals surface area contributed by atoms with Crippen molar-refractivity contribution in [3.8, 4) is 5.69 Å². The number of carbonyl (C=O) groups excluding carboxylic acids is 1. The van der Waals surface area contributed by atoms with Crippen LogP contribution in [-0.4, -0.2) is 26.7 Å². The number of pyridine rings is 1. The van der Waals surface area contributed by atoms with Gasteiger partial charge in [0.1, 0.15) is 0 Å². The molecular formula is C26H30N4O. The molecule has 5 heteroatoms. The number of benzene rings is 1. The van der Waals surface area contributed by atoms with E-state index in [2.05, 4.69) is 12.2 Å². The molecule has 31 heavy (non-hydrogen) atoms. The zero-order chi connectivity index (χ0) is 21.1. The smallest absolute Gasteiger partial charge is 0.252 e. The molecule has 3 saturated carbocycles. The normalized spacial score (nSPS) is 25.8. The van der Waals surface area contributed by atoms with Gasteiger partial charge in [-0.2, -0.15) is 5.10 Å². The summed E-state index contributed by atoms with van der Waals surface area (Å²) in [4.78, 5) is 18.5. The third kappa shape index (κ3) is 3.26. The average Bonchev–Trinajstić information content (AvgIpc) is 3.28. The highest BCUT2D eigenvalue weighted by atomic mass is 16.1. The summed E-state index contributed by atoms with van der Waals surface area (Å²) in [7, 11) is 0. The van der Waals surface area contributed by atoms with Crippen LogP contribution in [0.4, 0.5) is 0 Å². The van der Waals surface area contributed by atoms with Crippen LogP contribution in [0, 0.1) is 24.7 Å². The first-order valence-electron chi connectivity index (χ1n) is 11.8. The van der Waals surface area contributed by atoms with E-state index in [1.165, 1.54) is 25.7 Å². The van der Waals surface area contributed by atoms with Gasteiger partial charge in [-0.1, -0.05) is 24.6 Å². The molecule has 5 nitrogen and oxygen atoms in total. The highest BCUT2D eigenvalue weighted by molar-refractivity contribution is 6.07. The molecule has 1 N–H and O–H groups in total. The fourth-order valence-electron chi connectivity index (χ4n) is 6.12. The second-order valence-corrected chi connectivity index (χ2v) is 10.0. The molecule has 160 valence electrons. The predicted molar refractivity (Wildman–Crippen MR) is 121 cm³/mol. The van der Waals surface area contributed by atoms with Crippen LogP contribution >= 0.6 is 0 Å². The molecule has 0 aliphatic heterocycles. The standard InChI is InChI=1S/C26H30N4O/c1-15(21-13-17-8-9-19(21)12-17)27-26(31)22-14-23(18-10-11-18)28-25-24(22)16(2)29-30(25)20-6-4-3-5-7-20/h3-7,14-15,17-19,21H,8-13H2,1-2H3,(H,27,31)/t15-,17+,19+,21+/m1/s1. The maximum Gasteiger partial charge on any atom is 0.252 e. The summed E-state index contributed by atoms with van der Waals surface area (Å²) in [6.45, 7) is 4.18. The van der Waals surface area contributed by atoms with E-state index in [4.69, 9.17) is 10.1 Å². The van der Waals surface area contributed by atoms with E-state index in [0.29, 0.717) is 11.8 Å². The van der Waals surface area contributed by atoms with Gasteiger partial charge in [0.05, 0.1) is 22.3 Å². The summed E-state index contributed by atoms with van der Waals surface area (Å²) in [5.41, 5.74) is 4.39. The molecule has 3 aromatic rings. The Labute approximate surface area is 183 Å². The van der Waals surface area contributed by atoms with Crippen LogP contribution < -0.4 is 5.32 Å². The van der Waals surface area contributed by atoms with E-state index < -0.39 is 0 Å². The van der Waals surface area contributed by atoms with Crippen molar-refractivity contribution in [2.45, 2.75) is 64.3 Å². The molecule has 0 spiro atoms. The monoisotopic (exact) mass is 414 g/mol. The number of aryl methyl sites for hydroxylation is 1. The van der Waals surface area contributed by atoms with Crippen molar-refractivity contribution in [1.82, 2.24) is 20.1 Å². The molecule has 2 bridgehead atoms. The molecule has 1 amide bonds. The van der Waals surface area contributed by atoms with E-state index in [0.717, 1.165) is 58.3 Å². The van der Waals surface area contributed by atoms with Gasteiger partial charge in [0.15, 0.2) is 5.65 Å². The molecule has 0 radical (unpaired) electrons. The van der Waals surface area contributed by atoms with Crippen LogP contribution in [0.2, 0.25) is 0 Å². The van der Waals surface area contributed by atoms with Gasteiger partial charge in [-0.05, 0) is 81.9 Å². The SMILES string of the molecule is Cc1nn(-c2ccccc2)c2nc(C3CC3)cc(C(=O)N[C@H](C)[C@@H]3C[C@H]4CC[C@H]3C4)c12. The second kappa shape index (κ2) is 7.18. The van der Waals surface area contributed by atoms with Crippen LogP contribution in [0.5, 0.6) is 0 Å². The van der Waals surface area contributed by atoms with Crippen LogP contribution in [0.3, 0.4) is 0 Å². The predicted octanol–water partition coefficient (Wildman–Crippen LogP) is 5.16. The van der Waals surface area contributed by atoms with Crippen molar-refractivity contribution in [1.29, 1.82) is 0 Å². The van der Waals surface area contributed by atoms with Crippen LogP contribution in [0.25, 0.3) is 16.7 Å². The van der Waals surface area contributed by atoms with E-state index in [-0.39, 0.29) is 11.9 Å². The first-order chi connectivity index (χ1) is 15.1. The minimum atomic E-state index is 0.0280. The largest absolute Gasteiger partial charge is 0.349 e. The van der Waals surface area contributed by atoms with E-state index in [1.807, 2.05) is 48.0 Å². The van der Waals surface area contributed by atoms with Gasteiger partial charge in [0.2, 0.25) is 0 Å². The third-order valence-electron chi connectivity index (χ3n) is 7.87. The first kappa shape index (κ1) is 19.0. The van der Waals surface area contributed by atoms with Crippen LogP contribution in [0.1, 0.15) is 73.1 Å². The number of aromatic nitrogens is 3. The van der Waals surface area contributed by atoms with E-state index >= 15 is 0 Å². The lowest BCUT2D eigenvalue weighted by atomic mass is 9.84. The summed E-state index contributed by atoms with van der Waals surface area (Å²) in [5.74, 6) is 2.80. The Morgan fingerprint density at radius 2 is 1.94 bits per heavy atom. The maximum absolute atomic E-state index is 13.5. The molecule has 4 atom stereocenters. The van der Waals surface area contributed by atoms with Gasteiger partial charge in [-0.15, -0.1) is 0 Å². The lowest BCUT2D eigenvalue weighted by Crippen LogP contribution is -2.40. The van der Waals surface area contributed by atoms with E-state index in [9.17, 15) is 4.79 Å². The molecule has 1 aromatic carbocycles. The number of nitrogens with zero attached hydrogens (tertiary/aromatic N) is 3. The molecule has 2 heterocycles. The Kier molecular flexibility index (Phi) is 4.41. The Bertz CT molecular complexity index is 1150. The van der Waals surface area contributed by atoms with E-state index in [1.54, 1.807) is 0 Å². The van der Waals surface area contributed by atoms with Crippen molar-refractivity contribution in [3.05, 3.63) is 53.3 Å². The van der Waals surface area contributed by atoms with Crippen LogP contribution in [-0.2, 0) is 0 Å². The second-order valence-electron chi connectivity index (χ2n) is 10.0. The Balaban J connectivity index is 1.39. The van der Waals surface area contributed by atoms with Gasteiger partial charge < -0.3 is 5.32 Å². The Morgan fingerprint density at radius 3 is 2.61 bits per heavy atom. The first-order valence-corrected chi connectivity index (χ1v) is 11.8. The number of hydrogen-bond acceptors (Lipinski definition) is 3. The topological polar surface area (TPSA) is 59.8 Å². The molecule has 3 aliphatic rings. The summed E-state index contributed by atoms with van der Waals surface area (Å²) >= 11 is 0. The fraction of sp³-hybridized carbons (Fsp3) is 0.500. The summed E-state index contributed by atoms with van der Waals surface area (Å²) in [5, 5.41) is 9.04. The van der Waals surface area contributed by atoms with Crippen molar-refractivity contribution in [2.24, 2.45) is 17.8 Å². The van der Waals surface area contributed by atoms with Crippen molar-refractivity contribution < 1.29 is 4.79 Å². The maximum atomic E-state index is 13.5. The van der Waals surface area contributed by atoms with Gasteiger partial charge in [-0.25, -0.2) is 9.67 Å². The quantitative estimate of drug-likeness (QED) is 0.627. The van der Waals surface area contributed by atoms with Gasteiger partial charge in [0, 0.05) is 17.7 Å². The van der Waals surface area contributed by atoms with Gasteiger partial charge in [-0.3, -0.25) is 4.79 Å². The minimum Gasteiger partial charge on any atom is -0.349 e. The van der Waals surface area contributed by atoms with Gasteiger partial charge >= 0.3 is 0 Å². The third-order valence-corrected chi connectivity index (χ3v) is 7.87. The number of nitrogens with one attached hydrogen (secondary N) is 1. The summed E-state index contributed by atoms with van der Waals surface area (Å²) < 4.78 is 1.90. The Morgan fingerprint density at radius 1 is 1.13 bits per heavy atom. The molecule has 0 saturated heterocycles. The fourth-order valence-corrected chi connectivity index (χ4v) is 6.12. The summed E-state index contributed by atoms with van der Waals surface area (Å²) in [6, 6.07) is 12.3. The molecule has 3 aliphatic carbocycles. The number of amides is 1. The lowest BCUT2D eigenvalue weighted by Gasteiger charge is -2.28. The highest BCUT2D eigenvalue weighted by Crippen LogP contribution is 2.49. The van der Waals surface area contributed by atoms with Crippen molar-refractivity contribution in [2.75, 3.05) is 0 Å². The molecule has 0 unspecified atom stereocenters. The zero-order valence-electron chi connectivity index (χ0n) is 18.3. The molecule has 6 rings (SSSR count). The highest BCUT2D eigenvalue weighted by Gasteiger charge is 2.42. The van der Waals surface area contributed by atoms with Crippen molar-refractivity contribution >= 4 is 16.9 Å². The lowest BCUT2D eigenvalue weighted by molar-refractivity contribution is 0.0916.